The summed E-state index contributed by atoms with van der Waals surface area (Å²) >= 11 is 0. The summed E-state index contributed by atoms with van der Waals surface area (Å²) < 4.78 is 5.13. The molecule has 1 unspecified atom stereocenters. The highest BCUT2D eigenvalue weighted by molar-refractivity contribution is 5.76. The van der Waals surface area contributed by atoms with Crippen molar-refractivity contribution < 1.29 is 14.3 Å². The van der Waals surface area contributed by atoms with E-state index < -0.39 is 0 Å². The van der Waals surface area contributed by atoms with Crippen molar-refractivity contribution in [2.75, 3.05) is 27.2 Å². The first-order valence-corrected chi connectivity index (χ1v) is 8.66. The zero-order chi connectivity index (χ0) is 19.2. The van der Waals surface area contributed by atoms with Gasteiger partial charge in [0.05, 0.1) is 0 Å². The van der Waals surface area contributed by atoms with Gasteiger partial charge < -0.3 is 15.0 Å². The maximum atomic E-state index is 11.8. The number of rotatable bonds is 8. The lowest BCUT2D eigenvalue weighted by Gasteiger charge is -2.20. The number of carbonyl (C=O) groups excluding carboxylic acids is 2. The zero-order valence-corrected chi connectivity index (χ0v) is 16.3. The number of aryl methyl sites for hydroxylation is 1. The maximum Gasteiger partial charge on any atom is 0.323 e. The lowest BCUT2D eigenvalue weighted by Crippen LogP contribution is -2.37. The molecule has 1 aromatic carbocycles. The van der Waals surface area contributed by atoms with Crippen LogP contribution in [-0.2, 0) is 14.3 Å². The van der Waals surface area contributed by atoms with Crippen molar-refractivity contribution >= 4 is 11.9 Å². The third kappa shape index (κ3) is 10.4. The van der Waals surface area contributed by atoms with Crippen LogP contribution in [0.4, 0.5) is 0 Å². The SMILES string of the molecule is CCN(C)C(=C=O)COC(=O)C(CC(C)C)NC.Cc1ccccc1. The summed E-state index contributed by atoms with van der Waals surface area (Å²) in [7, 11) is 3.49. The van der Waals surface area contributed by atoms with Crippen LogP contribution in [0.1, 0.15) is 32.8 Å². The van der Waals surface area contributed by atoms with E-state index >= 15 is 0 Å². The number of hydrogen-bond donors (Lipinski definition) is 1. The molecule has 0 aliphatic carbocycles. The van der Waals surface area contributed by atoms with E-state index in [0.717, 1.165) is 0 Å². The highest BCUT2D eigenvalue weighted by atomic mass is 16.5. The van der Waals surface area contributed by atoms with Gasteiger partial charge in [-0.05, 0) is 33.2 Å². The molecule has 0 amide bonds. The van der Waals surface area contributed by atoms with Gasteiger partial charge >= 0.3 is 5.97 Å². The Kier molecular flexibility index (Phi) is 12.1. The maximum absolute atomic E-state index is 11.8. The van der Waals surface area contributed by atoms with E-state index in [1.807, 2.05) is 39.0 Å². The van der Waals surface area contributed by atoms with Gasteiger partial charge in [-0.3, -0.25) is 4.79 Å². The van der Waals surface area contributed by atoms with Gasteiger partial charge in [-0.15, -0.1) is 0 Å². The van der Waals surface area contributed by atoms with Crippen molar-refractivity contribution in [3.05, 3.63) is 41.6 Å². The Hall–Kier alpha value is -2.10. The summed E-state index contributed by atoms with van der Waals surface area (Å²) in [6.45, 7) is 8.72. The van der Waals surface area contributed by atoms with Crippen LogP contribution in [0.15, 0.2) is 36.0 Å². The van der Waals surface area contributed by atoms with E-state index in [4.69, 9.17) is 4.74 Å². The number of nitrogens with zero attached hydrogens (tertiary/aromatic N) is 1. The molecule has 0 saturated carbocycles. The highest BCUT2D eigenvalue weighted by Gasteiger charge is 2.20. The lowest BCUT2D eigenvalue weighted by molar-refractivity contribution is -0.145. The van der Waals surface area contributed by atoms with E-state index in [0.29, 0.717) is 24.6 Å². The van der Waals surface area contributed by atoms with Gasteiger partial charge in [-0.2, -0.15) is 0 Å². The fourth-order valence-corrected chi connectivity index (χ4v) is 1.99. The van der Waals surface area contributed by atoms with Gasteiger partial charge in [0.15, 0.2) is 0 Å². The number of carbonyl (C=O) groups is 1. The van der Waals surface area contributed by atoms with Crippen molar-refractivity contribution in [1.29, 1.82) is 0 Å². The second-order valence-electron chi connectivity index (χ2n) is 6.30. The van der Waals surface area contributed by atoms with Gasteiger partial charge in [0, 0.05) is 13.6 Å². The molecule has 5 heteroatoms. The second-order valence-corrected chi connectivity index (χ2v) is 6.30. The molecule has 140 valence electrons. The normalized spacial score (nSPS) is 11.0. The molecular formula is C20H32N2O3. The van der Waals surface area contributed by atoms with Crippen molar-refractivity contribution in [2.45, 2.75) is 40.2 Å². The van der Waals surface area contributed by atoms with Crippen LogP contribution in [-0.4, -0.2) is 50.1 Å². The Bertz CT molecular complexity index is 537. The Morgan fingerprint density at radius 2 is 1.88 bits per heavy atom. The standard InChI is InChI=1S/C13H24N2O3.C7H8/c1-6-15(5)11(8-16)9-18-13(17)12(14-4)7-10(2)3;1-7-5-3-2-4-6-7/h10,12,14H,6-7,9H2,1-5H3;2-6H,1H3. The van der Waals surface area contributed by atoms with Gasteiger partial charge in [-0.25, -0.2) is 4.79 Å². The first kappa shape index (κ1) is 22.9. The monoisotopic (exact) mass is 348 g/mol. The summed E-state index contributed by atoms with van der Waals surface area (Å²) in [6.07, 6.45) is 0.707. The topological polar surface area (TPSA) is 58.6 Å². The summed E-state index contributed by atoms with van der Waals surface area (Å²) in [5, 5.41) is 2.92. The first-order valence-electron chi connectivity index (χ1n) is 8.66. The van der Waals surface area contributed by atoms with E-state index in [-0.39, 0.29) is 18.6 Å². The average Bonchev–Trinajstić information content (AvgIpc) is 2.60. The molecule has 1 aromatic rings. The Morgan fingerprint density at radius 1 is 1.28 bits per heavy atom. The minimum Gasteiger partial charge on any atom is -0.457 e. The molecule has 25 heavy (non-hydrogen) atoms. The summed E-state index contributed by atoms with van der Waals surface area (Å²) in [5.41, 5.74) is 1.67. The van der Waals surface area contributed by atoms with Crippen molar-refractivity contribution in [2.24, 2.45) is 5.92 Å². The van der Waals surface area contributed by atoms with E-state index in [1.54, 1.807) is 24.9 Å². The predicted octanol–water partition coefficient (Wildman–Crippen LogP) is 2.83. The largest absolute Gasteiger partial charge is 0.457 e. The Balaban J connectivity index is 0.000000676. The third-order valence-electron chi connectivity index (χ3n) is 3.68. The molecule has 0 saturated heterocycles. The quantitative estimate of drug-likeness (QED) is 0.578. The molecule has 0 aliphatic heterocycles. The van der Waals surface area contributed by atoms with E-state index in [1.165, 1.54) is 5.56 Å². The lowest BCUT2D eigenvalue weighted by atomic mass is 10.0. The van der Waals surface area contributed by atoms with Crippen LogP contribution in [0.3, 0.4) is 0 Å². The molecule has 1 atom stereocenters. The van der Waals surface area contributed by atoms with Gasteiger partial charge in [0.1, 0.15) is 24.3 Å². The number of likely N-dealkylation sites (N-methyl/N-ethyl adjacent to an activating group) is 2. The third-order valence-corrected chi connectivity index (χ3v) is 3.68. The fourth-order valence-electron chi connectivity index (χ4n) is 1.99. The first-order chi connectivity index (χ1) is 11.8. The number of esters is 1. The van der Waals surface area contributed by atoms with Crippen LogP contribution >= 0.6 is 0 Å². The second kappa shape index (κ2) is 13.2. The molecule has 0 heterocycles. The molecule has 1 rings (SSSR count). The fraction of sp³-hybridized carbons (Fsp3) is 0.550. The van der Waals surface area contributed by atoms with Gasteiger partial charge in [-0.1, -0.05) is 49.7 Å². The van der Waals surface area contributed by atoms with Crippen molar-refractivity contribution in [3.63, 3.8) is 0 Å². The molecule has 0 bridgehead atoms. The average molecular weight is 348 g/mol. The molecule has 0 radical (unpaired) electrons. The van der Waals surface area contributed by atoms with Gasteiger partial charge in [0.2, 0.25) is 0 Å². The summed E-state index contributed by atoms with van der Waals surface area (Å²) in [5.74, 6) is 1.87. The number of ether oxygens (including phenoxy) is 1. The summed E-state index contributed by atoms with van der Waals surface area (Å²) in [4.78, 5) is 24.2. The Labute approximate surface area is 152 Å². The van der Waals surface area contributed by atoms with Crippen LogP contribution in [0.25, 0.3) is 0 Å². The van der Waals surface area contributed by atoms with E-state index in [9.17, 15) is 9.59 Å². The molecular weight excluding hydrogens is 316 g/mol. The molecule has 0 aromatic heterocycles. The smallest absolute Gasteiger partial charge is 0.323 e. The highest BCUT2D eigenvalue weighted by Crippen LogP contribution is 2.07. The van der Waals surface area contributed by atoms with Crippen molar-refractivity contribution in [1.82, 2.24) is 10.2 Å². The minimum absolute atomic E-state index is 0.0249. The summed E-state index contributed by atoms with van der Waals surface area (Å²) in [6, 6.07) is 9.93. The zero-order valence-electron chi connectivity index (χ0n) is 16.3. The number of hydrogen-bond acceptors (Lipinski definition) is 5. The van der Waals surface area contributed by atoms with E-state index in [2.05, 4.69) is 24.4 Å². The number of nitrogens with one attached hydrogen (secondary N) is 1. The molecule has 1 N–H and O–H groups in total. The minimum atomic E-state index is -0.330. The van der Waals surface area contributed by atoms with Crippen molar-refractivity contribution in [3.8, 4) is 0 Å². The van der Waals surface area contributed by atoms with Crippen LogP contribution < -0.4 is 5.32 Å². The molecule has 0 spiro atoms. The predicted molar refractivity (Wildman–Crippen MR) is 102 cm³/mol. The molecule has 0 aliphatic rings. The Morgan fingerprint density at radius 3 is 2.24 bits per heavy atom. The molecule has 0 fully saturated rings. The van der Waals surface area contributed by atoms with Crippen LogP contribution in [0.2, 0.25) is 0 Å². The van der Waals surface area contributed by atoms with Crippen LogP contribution in [0, 0.1) is 12.8 Å². The van der Waals surface area contributed by atoms with Gasteiger partial charge in [0.25, 0.3) is 0 Å². The number of benzene rings is 1. The van der Waals surface area contributed by atoms with Crippen LogP contribution in [0.5, 0.6) is 0 Å². The molecule has 5 nitrogen and oxygen atoms in total.